The van der Waals surface area contributed by atoms with Crippen LogP contribution < -0.4 is 4.74 Å². The highest BCUT2D eigenvalue weighted by Gasteiger charge is 2.07. The van der Waals surface area contributed by atoms with Crippen molar-refractivity contribution >= 4 is 33.8 Å². The summed E-state index contributed by atoms with van der Waals surface area (Å²) in [6.45, 7) is 1.04. The SMILES string of the molecule is COc1ccc2cc(COCc3cccs3)c(Cl)nc2c1. The Morgan fingerprint density at radius 1 is 1.19 bits per heavy atom. The van der Waals surface area contributed by atoms with E-state index in [1.54, 1.807) is 18.4 Å². The third-order valence-electron chi connectivity index (χ3n) is 3.13. The summed E-state index contributed by atoms with van der Waals surface area (Å²) in [6, 6.07) is 11.8. The van der Waals surface area contributed by atoms with Gasteiger partial charge in [0, 0.05) is 21.9 Å². The summed E-state index contributed by atoms with van der Waals surface area (Å²) in [5.74, 6) is 0.771. The standard InChI is InChI=1S/C16H14ClNO2S/c1-19-13-5-4-11-7-12(16(17)18-15(11)8-13)9-20-10-14-3-2-6-21-14/h2-8H,9-10H2,1H3. The van der Waals surface area contributed by atoms with Crippen LogP contribution in [0.15, 0.2) is 41.8 Å². The smallest absolute Gasteiger partial charge is 0.135 e. The lowest BCUT2D eigenvalue weighted by Gasteiger charge is -2.08. The summed E-state index contributed by atoms with van der Waals surface area (Å²) in [5.41, 5.74) is 1.72. The minimum Gasteiger partial charge on any atom is -0.497 e. The quantitative estimate of drug-likeness (QED) is 0.640. The summed E-state index contributed by atoms with van der Waals surface area (Å²) >= 11 is 7.91. The third kappa shape index (κ3) is 3.35. The van der Waals surface area contributed by atoms with Crippen LogP contribution in [0.25, 0.3) is 10.9 Å². The third-order valence-corrected chi connectivity index (χ3v) is 4.31. The van der Waals surface area contributed by atoms with Crippen molar-refractivity contribution in [1.29, 1.82) is 0 Å². The number of ether oxygens (including phenoxy) is 2. The number of fused-ring (bicyclic) bond motifs is 1. The minimum atomic E-state index is 0.450. The summed E-state index contributed by atoms with van der Waals surface area (Å²) < 4.78 is 10.9. The molecule has 0 N–H and O–H groups in total. The number of hydrogen-bond donors (Lipinski definition) is 0. The van der Waals surface area contributed by atoms with Crippen molar-refractivity contribution in [2.24, 2.45) is 0 Å². The second kappa shape index (κ2) is 6.43. The zero-order valence-corrected chi connectivity index (χ0v) is 13.1. The van der Waals surface area contributed by atoms with Gasteiger partial charge in [0.05, 0.1) is 25.8 Å². The maximum Gasteiger partial charge on any atom is 0.135 e. The molecule has 0 saturated carbocycles. The van der Waals surface area contributed by atoms with Gasteiger partial charge < -0.3 is 9.47 Å². The average molecular weight is 320 g/mol. The maximum absolute atomic E-state index is 6.23. The minimum absolute atomic E-state index is 0.450. The topological polar surface area (TPSA) is 31.4 Å². The number of thiophene rings is 1. The van der Waals surface area contributed by atoms with E-state index in [0.717, 1.165) is 22.2 Å². The van der Waals surface area contributed by atoms with Crippen LogP contribution >= 0.6 is 22.9 Å². The molecule has 108 valence electrons. The highest BCUT2D eigenvalue weighted by atomic mass is 35.5. The molecule has 0 unspecified atom stereocenters. The first kappa shape index (κ1) is 14.3. The van der Waals surface area contributed by atoms with Crippen LogP contribution in [0.2, 0.25) is 5.15 Å². The fraction of sp³-hybridized carbons (Fsp3) is 0.188. The first-order valence-corrected chi connectivity index (χ1v) is 7.75. The molecule has 3 nitrogen and oxygen atoms in total. The number of pyridine rings is 1. The molecule has 2 heterocycles. The van der Waals surface area contributed by atoms with Gasteiger partial charge in [-0.2, -0.15) is 0 Å². The van der Waals surface area contributed by atoms with Crippen molar-refractivity contribution in [3.05, 3.63) is 57.4 Å². The second-order valence-electron chi connectivity index (χ2n) is 4.57. The fourth-order valence-electron chi connectivity index (χ4n) is 2.05. The van der Waals surface area contributed by atoms with E-state index in [2.05, 4.69) is 11.1 Å². The monoisotopic (exact) mass is 319 g/mol. The maximum atomic E-state index is 6.23. The Bertz CT molecular complexity index is 743. The number of halogens is 1. The van der Waals surface area contributed by atoms with Crippen molar-refractivity contribution in [2.45, 2.75) is 13.2 Å². The molecule has 0 spiro atoms. The summed E-state index contributed by atoms with van der Waals surface area (Å²) in [7, 11) is 1.63. The molecule has 0 saturated heterocycles. The first-order chi connectivity index (χ1) is 10.3. The molecule has 1 aromatic carbocycles. The summed E-state index contributed by atoms with van der Waals surface area (Å²) in [4.78, 5) is 5.61. The zero-order valence-electron chi connectivity index (χ0n) is 11.5. The molecule has 0 fully saturated rings. The van der Waals surface area contributed by atoms with E-state index in [1.807, 2.05) is 35.7 Å². The highest BCUT2D eigenvalue weighted by Crippen LogP contribution is 2.25. The molecule has 0 radical (unpaired) electrons. The number of rotatable bonds is 5. The summed E-state index contributed by atoms with van der Waals surface area (Å²) in [5, 5.41) is 3.54. The van der Waals surface area contributed by atoms with Gasteiger partial charge in [0.25, 0.3) is 0 Å². The normalized spacial score (nSPS) is 11.0. The summed E-state index contributed by atoms with van der Waals surface area (Å²) in [6.07, 6.45) is 0. The molecule has 3 aromatic rings. The second-order valence-corrected chi connectivity index (χ2v) is 5.96. The Labute approximate surface area is 132 Å². The van der Waals surface area contributed by atoms with Gasteiger partial charge in [0.1, 0.15) is 10.9 Å². The van der Waals surface area contributed by atoms with Gasteiger partial charge >= 0.3 is 0 Å². The molecule has 3 rings (SSSR count). The lowest BCUT2D eigenvalue weighted by molar-refractivity contribution is 0.109. The number of hydrogen-bond acceptors (Lipinski definition) is 4. The molecule has 21 heavy (non-hydrogen) atoms. The Morgan fingerprint density at radius 2 is 2.10 bits per heavy atom. The molecule has 0 aliphatic carbocycles. The van der Waals surface area contributed by atoms with Gasteiger partial charge in [-0.15, -0.1) is 11.3 Å². The highest BCUT2D eigenvalue weighted by molar-refractivity contribution is 7.09. The van der Waals surface area contributed by atoms with Crippen molar-refractivity contribution in [1.82, 2.24) is 4.98 Å². The van der Waals surface area contributed by atoms with Crippen LogP contribution in [-0.2, 0) is 18.0 Å². The number of aromatic nitrogens is 1. The molecule has 0 aliphatic rings. The molecular formula is C16H14ClNO2S. The molecule has 2 aromatic heterocycles. The Kier molecular flexibility index (Phi) is 4.39. The van der Waals surface area contributed by atoms with Gasteiger partial charge in [0.15, 0.2) is 0 Å². The van der Waals surface area contributed by atoms with Crippen LogP contribution in [0.3, 0.4) is 0 Å². The van der Waals surface area contributed by atoms with Crippen LogP contribution in [-0.4, -0.2) is 12.1 Å². The van der Waals surface area contributed by atoms with E-state index in [-0.39, 0.29) is 0 Å². The van der Waals surface area contributed by atoms with Crippen LogP contribution in [0.5, 0.6) is 5.75 Å². The van der Waals surface area contributed by atoms with Crippen LogP contribution in [0, 0.1) is 0 Å². The van der Waals surface area contributed by atoms with E-state index in [9.17, 15) is 0 Å². The Morgan fingerprint density at radius 3 is 2.86 bits per heavy atom. The number of methoxy groups -OCH3 is 1. The van der Waals surface area contributed by atoms with E-state index in [4.69, 9.17) is 21.1 Å². The Balaban J connectivity index is 1.77. The molecular weight excluding hydrogens is 306 g/mol. The largest absolute Gasteiger partial charge is 0.497 e. The number of benzene rings is 1. The van der Waals surface area contributed by atoms with E-state index in [0.29, 0.717) is 18.4 Å². The van der Waals surface area contributed by atoms with Gasteiger partial charge in [-0.25, -0.2) is 4.98 Å². The van der Waals surface area contributed by atoms with Crippen molar-refractivity contribution < 1.29 is 9.47 Å². The van der Waals surface area contributed by atoms with Crippen molar-refractivity contribution in [3.63, 3.8) is 0 Å². The van der Waals surface area contributed by atoms with Gasteiger partial charge in [-0.1, -0.05) is 17.7 Å². The van der Waals surface area contributed by atoms with Crippen LogP contribution in [0.1, 0.15) is 10.4 Å². The van der Waals surface area contributed by atoms with E-state index in [1.165, 1.54) is 4.88 Å². The molecule has 0 aliphatic heterocycles. The molecule has 0 bridgehead atoms. The van der Waals surface area contributed by atoms with Gasteiger partial charge in [0.2, 0.25) is 0 Å². The van der Waals surface area contributed by atoms with Crippen molar-refractivity contribution in [3.8, 4) is 5.75 Å². The molecule has 0 atom stereocenters. The van der Waals surface area contributed by atoms with E-state index >= 15 is 0 Å². The lowest BCUT2D eigenvalue weighted by atomic mass is 10.1. The number of nitrogens with zero attached hydrogens (tertiary/aromatic N) is 1. The van der Waals surface area contributed by atoms with Crippen LogP contribution in [0.4, 0.5) is 0 Å². The van der Waals surface area contributed by atoms with Crippen molar-refractivity contribution in [2.75, 3.05) is 7.11 Å². The predicted octanol–water partition coefficient (Wildman–Crippen LogP) is 4.68. The average Bonchev–Trinajstić information content (AvgIpc) is 3.00. The van der Waals surface area contributed by atoms with E-state index < -0.39 is 0 Å². The zero-order chi connectivity index (χ0) is 14.7. The fourth-order valence-corrected chi connectivity index (χ4v) is 2.89. The lowest BCUT2D eigenvalue weighted by Crippen LogP contribution is -1.96. The predicted molar refractivity (Wildman–Crippen MR) is 86.1 cm³/mol. The van der Waals surface area contributed by atoms with Gasteiger partial charge in [-0.05, 0) is 29.6 Å². The first-order valence-electron chi connectivity index (χ1n) is 6.49. The molecule has 5 heteroatoms. The Hall–Kier alpha value is -1.62. The van der Waals surface area contributed by atoms with Gasteiger partial charge in [-0.3, -0.25) is 0 Å². The molecule has 0 amide bonds.